The van der Waals surface area contributed by atoms with Crippen LogP contribution in [0, 0.1) is 5.92 Å². The lowest BCUT2D eigenvalue weighted by Gasteiger charge is -2.41. The summed E-state index contributed by atoms with van der Waals surface area (Å²) in [5, 5.41) is 2.08. The van der Waals surface area contributed by atoms with Gasteiger partial charge in [0.2, 0.25) is 0 Å². The van der Waals surface area contributed by atoms with Crippen LogP contribution in [0.2, 0.25) is 10.0 Å². The maximum atomic E-state index is 13.3. The molecule has 3 aromatic rings. The predicted octanol–water partition coefficient (Wildman–Crippen LogP) is 7.92. The van der Waals surface area contributed by atoms with Gasteiger partial charge in [-0.15, -0.1) is 0 Å². The zero-order valence-electron chi connectivity index (χ0n) is 27.5. The molecule has 10 heteroatoms. The molecule has 8 nitrogen and oxygen atoms in total. The Balaban J connectivity index is 1.29. The number of nitrogens with zero attached hydrogens (tertiary/aromatic N) is 4. The molecule has 0 spiro atoms. The number of unbranched alkanes of at least 4 members (excludes halogenated alkanes) is 1. The van der Waals surface area contributed by atoms with Crippen molar-refractivity contribution in [1.82, 2.24) is 14.4 Å². The van der Waals surface area contributed by atoms with Gasteiger partial charge >= 0.3 is 6.09 Å². The molecule has 2 heterocycles. The maximum absolute atomic E-state index is 13.3. The molecule has 2 aromatic carbocycles. The molecule has 1 aromatic heterocycles. The number of aromatic nitrogens is 1. The zero-order chi connectivity index (χ0) is 32.7. The van der Waals surface area contributed by atoms with Crippen molar-refractivity contribution >= 4 is 45.9 Å². The molecule has 0 atom stereocenters. The van der Waals surface area contributed by atoms with Crippen LogP contribution >= 0.6 is 23.2 Å². The molecule has 1 saturated heterocycles. The molecule has 0 aliphatic carbocycles. The van der Waals surface area contributed by atoms with E-state index in [1.165, 1.54) is 10.6 Å². The number of fused-ring (bicyclic) bond motifs is 1. The van der Waals surface area contributed by atoms with Crippen molar-refractivity contribution < 1.29 is 14.3 Å². The molecule has 246 valence electrons. The van der Waals surface area contributed by atoms with Crippen molar-refractivity contribution in [3.8, 4) is 5.75 Å². The number of carbonyl (C=O) groups is 1. The third-order valence-electron chi connectivity index (χ3n) is 8.34. The Kier molecular flexibility index (Phi) is 12.1. The fourth-order valence-electron chi connectivity index (χ4n) is 6.51. The lowest BCUT2D eigenvalue weighted by Crippen LogP contribution is -2.52. The first-order chi connectivity index (χ1) is 21.4. The van der Waals surface area contributed by atoms with Crippen LogP contribution in [-0.2, 0) is 11.5 Å². The first kappa shape index (κ1) is 34.9. The first-order valence-corrected chi connectivity index (χ1v) is 16.8. The lowest BCUT2D eigenvalue weighted by atomic mass is 9.90. The summed E-state index contributed by atoms with van der Waals surface area (Å²) in [5.74, 6) is 1.10. The summed E-state index contributed by atoms with van der Waals surface area (Å²) in [5.41, 5.74) is 1.05. The molecule has 0 unspecified atom stereocenters. The Labute approximate surface area is 277 Å². The highest BCUT2D eigenvalue weighted by Crippen LogP contribution is 2.33. The standard InChI is InChI=1S/C35H48Cl2N4O4/c1-25(2)23-35(5,6)41(26(3)4)34(43)45-24-40-31-22-28(14-12-27(31)13-15-32(40)42)44-21-8-7-16-38-17-19-39(20-18-38)30-11-9-10-29(36)33(30)37/h9-15,22,25-26H,7-8,16-21,23-24H2,1-6H3. The number of amides is 1. The third kappa shape index (κ3) is 9.08. The molecule has 45 heavy (non-hydrogen) atoms. The average Bonchev–Trinajstić information content (AvgIpc) is 2.97. The number of piperazine rings is 1. The van der Waals surface area contributed by atoms with Gasteiger partial charge in [-0.3, -0.25) is 14.3 Å². The average molecular weight is 660 g/mol. The molecular weight excluding hydrogens is 611 g/mol. The molecule has 0 bridgehead atoms. The smallest absolute Gasteiger partial charge is 0.412 e. The second-order valence-corrected chi connectivity index (χ2v) is 14.0. The monoisotopic (exact) mass is 658 g/mol. The summed E-state index contributed by atoms with van der Waals surface area (Å²) >= 11 is 12.6. The number of ether oxygens (including phenoxy) is 2. The summed E-state index contributed by atoms with van der Waals surface area (Å²) in [4.78, 5) is 32.7. The minimum atomic E-state index is -0.429. The van der Waals surface area contributed by atoms with E-state index in [9.17, 15) is 9.59 Å². The summed E-state index contributed by atoms with van der Waals surface area (Å²) in [6.07, 6.45) is 2.34. The largest absolute Gasteiger partial charge is 0.494 e. The van der Waals surface area contributed by atoms with Gasteiger partial charge in [-0.25, -0.2) is 4.79 Å². The van der Waals surface area contributed by atoms with E-state index in [0.717, 1.165) is 63.1 Å². The van der Waals surface area contributed by atoms with Crippen molar-refractivity contribution in [2.75, 3.05) is 44.2 Å². The zero-order valence-corrected chi connectivity index (χ0v) is 29.0. The van der Waals surface area contributed by atoms with Crippen LogP contribution in [0.25, 0.3) is 10.9 Å². The highest BCUT2D eigenvalue weighted by Gasteiger charge is 2.34. The predicted molar refractivity (Wildman–Crippen MR) is 185 cm³/mol. The van der Waals surface area contributed by atoms with Crippen LogP contribution in [0.5, 0.6) is 5.75 Å². The highest BCUT2D eigenvalue weighted by molar-refractivity contribution is 6.43. The van der Waals surface area contributed by atoms with E-state index < -0.39 is 6.09 Å². The minimum absolute atomic E-state index is 0.0481. The van der Waals surface area contributed by atoms with Gasteiger partial charge in [0.1, 0.15) is 5.75 Å². The number of rotatable bonds is 13. The third-order valence-corrected chi connectivity index (χ3v) is 9.14. The van der Waals surface area contributed by atoms with Crippen LogP contribution in [-0.4, -0.2) is 71.4 Å². The van der Waals surface area contributed by atoms with Gasteiger partial charge in [-0.05, 0) is 95.1 Å². The van der Waals surface area contributed by atoms with E-state index in [1.807, 2.05) is 50.2 Å². The Morgan fingerprint density at radius 3 is 2.38 bits per heavy atom. The molecule has 0 radical (unpaired) electrons. The van der Waals surface area contributed by atoms with Crippen molar-refractivity contribution in [2.24, 2.45) is 5.92 Å². The number of hydrogen-bond donors (Lipinski definition) is 0. The van der Waals surface area contributed by atoms with Crippen LogP contribution in [0.3, 0.4) is 0 Å². The van der Waals surface area contributed by atoms with Gasteiger partial charge in [0.05, 0.1) is 27.9 Å². The Morgan fingerprint density at radius 1 is 0.978 bits per heavy atom. The summed E-state index contributed by atoms with van der Waals surface area (Å²) in [6.45, 7) is 17.5. The van der Waals surface area contributed by atoms with E-state index >= 15 is 0 Å². The summed E-state index contributed by atoms with van der Waals surface area (Å²) < 4.78 is 13.3. The van der Waals surface area contributed by atoms with E-state index in [2.05, 4.69) is 37.5 Å². The second-order valence-electron chi connectivity index (χ2n) is 13.2. The number of halogens is 2. The van der Waals surface area contributed by atoms with Gasteiger partial charge in [0.25, 0.3) is 5.56 Å². The van der Waals surface area contributed by atoms with Crippen molar-refractivity contribution in [3.63, 3.8) is 0 Å². The quantitative estimate of drug-likeness (QED) is 0.174. The fraction of sp³-hybridized carbons (Fsp3) is 0.543. The van der Waals surface area contributed by atoms with Crippen LogP contribution in [0.15, 0.2) is 53.3 Å². The Morgan fingerprint density at radius 2 is 1.69 bits per heavy atom. The fourth-order valence-corrected chi connectivity index (χ4v) is 6.93. The molecule has 1 aliphatic heterocycles. The molecule has 4 rings (SSSR count). The first-order valence-electron chi connectivity index (χ1n) is 16.0. The molecule has 1 fully saturated rings. The molecule has 0 saturated carbocycles. The molecule has 1 amide bonds. The van der Waals surface area contributed by atoms with E-state index in [1.54, 1.807) is 11.0 Å². The number of hydrogen-bond acceptors (Lipinski definition) is 6. The second kappa shape index (κ2) is 15.6. The van der Waals surface area contributed by atoms with Gasteiger partial charge in [0, 0.05) is 49.9 Å². The minimum Gasteiger partial charge on any atom is -0.494 e. The van der Waals surface area contributed by atoms with Gasteiger partial charge in [-0.1, -0.05) is 43.1 Å². The van der Waals surface area contributed by atoms with Crippen molar-refractivity contribution in [2.45, 2.75) is 79.1 Å². The van der Waals surface area contributed by atoms with Crippen LogP contribution in [0.4, 0.5) is 10.5 Å². The van der Waals surface area contributed by atoms with E-state index in [4.69, 9.17) is 32.7 Å². The number of anilines is 1. The lowest BCUT2D eigenvalue weighted by molar-refractivity contribution is 0.0220. The van der Waals surface area contributed by atoms with E-state index in [0.29, 0.717) is 33.8 Å². The highest BCUT2D eigenvalue weighted by atomic mass is 35.5. The number of pyridine rings is 1. The van der Waals surface area contributed by atoms with Crippen LogP contribution in [0.1, 0.15) is 60.8 Å². The summed E-state index contributed by atoms with van der Waals surface area (Å²) in [7, 11) is 0. The van der Waals surface area contributed by atoms with Crippen molar-refractivity contribution in [3.05, 3.63) is 68.9 Å². The van der Waals surface area contributed by atoms with Crippen LogP contribution < -0.4 is 15.2 Å². The molecular formula is C35H48Cl2N4O4. The number of benzene rings is 2. The maximum Gasteiger partial charge on any atom is 0.412 e. The summed E-state index contributed by atoms with van der Waals surface area (Å²) in [6, 6.07) is 14.7. The van der Waals surface area contributed by atoms with Gasteiger partial charge in [0.15, 0.2) is 6.73 Å². The van der Waals surface area contributed by atoms with Gasteiger partial charge in [-0.2, -0.15) is 0 Å². The van der Waals surface area contributed by atoms with E-state index in [-0.39, 0.29) is 23.9 Å². The Bertz CT molecular complexity index is 1500. The Hall–Kier alpha value is -2.94. The number of carbonyl (C=O) groups excluding carboxylic acids is 1. The van der Waals surface area contributed by atoms with Crippen molar-refractivity contribution in [1.29, 1.82) is 0 Å². The van der Waals surface area contributed by atoms with Gasteiger partial charge < -0.3 is 19.3 Å². The topological polar surface area (TPSA) is 67.2 Å². The molecule has 0 N–H and O–H groups in total. The SMILES string of the molecule is CC(C)CC(C)(C)N(C(=O)OCn1c(=O)ccc2ccc(OCCCCN3CCN(c4cccc(Cl)c4Cl)CC3)cc21)C(C)C. The molecule has 1 aliphatic rings. The normalized spacial score (nSPS) is 14.4.